The van der Waals surface area contributed by atoms with Gasteiger partial charge in [-0.25, -0.2) is 14.6 Å². The summed E-state index contributed by atoms with van der Waals surface area (Å²) in [4.78, 5) is 30.5. The van der Waals surface area contributed by atoms with Gasteiger partial charge in [-0.3, -0.25) is 0 Å². The van der Waals surface area contributed by atoms with Gasteiger partial charge in [0.25, 0.3) is 0 Å². The summed E-state index contributed by atoms with van der Waals surface area (Å²) >= 11 is 12.4. The molecule has 0 aliphatic carbocycles. The minimum absolute atomic E-state index is 0.0163. The summed E-state index contributed by atoms with van der Waals surface area (Å²) < 4.78 is 10.0. The third kappa shape index (κ3) is 3.26. The van der Waals surface area contributed by atoms with Crippen molar-refractivity contribution >= 4 is 56.8 Å². The van der Waals surface area contributed by atoms with Crippen LogP contribution in [0.2, 0.25) is 10.0 Å². The molecule has 5 nitrogen and oxygen atoms in total. The quantitative estimate of drug-likeness (QED) is 0.292. The van der Waals surface area contributed by atoms with Crippen molar-refractivity contribution in [2.24, 2.45) is 0 Å². The first-order valence-corrected chi connectivity index (χ1v) is 9.69. The van der Waals surface area contributed by atoms with E-state index in [4.69, 9.17) is 37.7 Å². The van der Waals surface area contributed by atoms with Crippen molar-refractivity contribution < 1.29 is 19.1 Å². The van der Waals surface area contributed by atoms with Gasteiger partial charge in [0.05, 0.1) is 36.0 Å². The predicted octanol–water partition coefficient (Wildman–Crippen LogP) is 5.94. The van der Waals surface area contributed by atoms with Gasteiger partial charge in [-0.2, -0.15) is 0 Å². The molecule has 4 rings (SSSR count). The predicted molar refractivity (Wildman–Crippen MR) is 117 cm³/mol. The first kappa shape index (κ1) is 20.1. The Morgan fingerprint density at radius 1 is 0.867 bits per heavy atom. The van der Waals surface area contributed by atoms with E-state index < -0.39 is 11.9 Å². The van der Waals surface area contributed by atoms with Gasteiger partial charge in [0, 0.05) is 16.0 Å². The lowest BCUT2D eigenvalue weighted by Crippen LogP contribution is -2.15. The molecule has 0 aliphatic rings. The highest BCUT2D eigenvalue weighted by molar-refractivity contribution is 6.36. The number of hydrogen-bond donors (Lipinski definition) is 0. The van der Waals surface area contributed by atoms with Crippen LogP contribution in [-0.2, 0) is 9.47 Å². The molecule has 3 aromatic carbocycles. The lowest BCUT2D eigenvalue weighted by Gasteiger charge is -2.17. The second kappa shape index (κ2) is 7.94. The Kier molecular flexibility index (Phi) is 5.33. The van der Waals surface area contributed by atoms with Crippen molar-refractivity contribution in [3.8, 4) is 11.3 Å². The number of fused-ring (bicyclic) bond motifs is 3. The van der Waals surface area contributed by atoms with Crippen LogP contribution in [0.4, 0.5) is 0 Å². The van der Waals surface area contributed by atoms with Crippen molar-refractivity contribution in [2.75, 3.05) is 14.2 Å². The highest BCUT2D eigenvalue weighted by Crippen LogP contribution is 2.38. The highest BCUT2D eigenvalue weighted by atomic mass is 35.5. The molecule has 4 aromatic rings. The molecule has 0 aliphatic heterocycles. The normalized spacial score (nSPS) is 10.9. The van der Waals surface area contributed by atoms with E-state index in [1.165, 1.54) is 14.2 Å². The molecule has 0 unspecified atom stereocenters. The maximum Gasteiger partial charge on any atom is 0.340 e. The number of carbonyl (C=O) groups excluding carboxylic acids is 2. The molecular weight excluding hydrogens is 425 g/mol. The van der Waals surface area contributed by atoms with Gasteiger partial charge in [0.2, 0.25) is 0 Å². The number of hydrogen-bond acceptors (Lipinski definition) is 5. The summed E-state index contributed by atoms with van der Waals surface area (Å²) in [5.41, 5.74) is 1.24. The van der Waals surface area contributed by atoms with Crippen molar-refractivity contribution in [1.82, 2.24) is 4.98 Å². The van der Waals surface area contributed by atoms with Crippen molar-refractivity contribution in [3.63, 3.8) is 0 Å². The molecular formula is C23H15Cl2NO4. The van der Waals surface area contributed by atoms with Crippen LogP contribution < -0.4 is 0 Å². The summed E-state index contributed by atoms with van der Waals surface area (Å²) in [5, 5.41) is 2.89. The first-order valence-electron chi connectivity index (χ1n) is 8.93. The van der Waals surface area contributed by atoms with E-state index in [1.54, 1.807) is 24.3 Å². The fourth-order valence-corrected chi connectivity index (χ4v) is 4.02. The third-order valence-electron chi connectivity index (χ3n) is 4.84. The SMILES string of the molecule is COC(=O)c1c(-c2ccc(Cl)cc2Cl)nc2ccc3ccccc3c2c1C(=O)OC. The second-order valence-electron chi connectivity index (χ2n) is 6.50. The van der Waals surface area contributed by atoms with Gasteiger partial charge in [-0.1, -0.05) is 53.5 Å². The van der Waals surface area contributed by atoms with Gasteiger partial charge in [0.15, 0.2) is 0 Å². The smallest absolute Gasteiger partial charge is 0.340 e. The molecule has 0 fully saturated rings. The lowest BCUT2D eigenvalue weighted by molar-refractivity contribution is 0.0557. The largest absolute Gasteiger partial charge is 0.465 e. The number of esters is 2. The number of nitrogens with zero attached hydrogens (tertiary/aromatic N) is 1. The third-order valence-corrected chi connectivity index (χ3v) is 5.39. The maximum atomic E-state index is 12.9. The molecule has 1 aromatic heterocycles. The molecule has 7 heteroatoms. The zero-order chi connectivity index (χ0) is 21.4. The molecule has 0 atom stereocenters. The van der Waals surface area contributed by atoms with Gasteiger partial charge < -0.3 is 9.47 Å². The Morgan fingerprint density at radius 3 is 2.27 bits per heavy atom. The van der Waals surface area contributed by atoms with Crippen molar-refractivity contribution in [1.29, 1.82) is 0 Å². The molecule has 150 valence electrons. The Morgan fingerprint density at radius 2 is 1.57 bits per heavy atom. The van der Waals surface area contributed by atoms with Gasteiger partial charge in [0.1, 0.15) is 5.56 Å². The Balaban J connectivity index is 2.24. The van der Waals surface area contributed by atoms with Gasteiger partial charge >= 0.3 is 11.9 Å². The van der Waals surface area contributed by atoms with Crippen molar-refractivity contribution in [2.45, 2.75) is 0 Å². The van der Waals surface area contributed by atoms with Crippen LogP contribution in [0.15, 0.2) is 54.6 Å². The zero-order valence-corrected chi connectivity index (χ0v) is 17.5. The molecule has 0 spiro atoms. The molecule has 0 bridgehead atoms. The molecule has 0 N–H and O–H groups in total. The summed E-state index contributed by atoms with van der Waals surface area (Å²) in [6.07, 6.45) is 0. The average molecular weight is 440 g/mol. The molecule has 1 heterocycles. The van der Waals surface area contributed by atoms with Gasteiger partial charge in [-0.15, -0.1) is 0 Å². The molecule has 0 radical (unpaired) electrons. The minimum Gasteiger partial charge on any atom is -0.465 e. The summed E-state index contributed by atoms with van der Waals surface area (Å²) in [7, 11) is 2.50. The average Bonchev–Trinajstić information content (AvgIpc) is 2.76. The number of ether oxygens (including phenoxy) is 2. The maximum absolute atomic E-state index is 12.9. The van der Waals surface area contributed by atoms with Crippen LogP contribution >= 0.6 is 23.2 Å². The number of benzene rings is 3. The Labute approximate surface area is 182 Å². The molecule has 30 heavy (non-hydrogen) atoms. The number of rotatable bonds is 3. The van der Waals surface area contributed by atoms with E-state index in [9.17, 15) is 9.59 Å². The fraction of sp³-hybridized carbons (Fsp3) is 0.0870. The van der Waals surface area contributed by atoms with Crippen LogP contribution in [-0.4, -0.2) is 31.1 Å². The van der Waals surface area contributed by atoms with Crippen LogP contribution in [0, 0.1) is 0 Å². The van der Waals surface area contributed by atoms with E-state index in [1.807, 2.05) is 30.3 Å². The van der Waals surface area contributed by atoms with Crippen LogP contribution in [0.1, 0.15) is 20.7 Å². The van der Waals surface area contributed by atoms with E-state index in [0.717, 1.165) is 10.8 Å². The van der Waals surface area contributed by atoms with Crippen LogP contribution in [0.5, 0.6) is 0 Å². The van der Waals surface area contributed by atoms with E-state index >= 15 is 0 Å². The lowest BCUT2D eigenvalue weighted by atomic mass is 9.93. The number of pyridine rings is 1. The standard InChI is InChI=1S/C23H15Cl2NO4/c1-29-22(27)19-18-14-6-4-3-5-12(14)7-10-17(18)26-21(20(19)23(28)30-2)15-9-8-13(24)11-16(15)25/h3-11H,1-2H3. The monoisotopic (exact) mass is 439 g/mol. The molecule has 0 saturated heterocycles. The summed E-state index contributed by atoms with van der Waals surface area (Å²) in [5.74, 6) is -1.40. The highest BCUT2D eigenvalue weighted by Gasteiger charge is 2.29. The summed E-state index contributed by atoms with van der Waals surface area (Å²) in [6.45, 7) is 0. The molecule has 0 saturated carbocycles. The second-order valence-corrected chi connectivity index (χ2v) is 7.34. The van der Waals surface area contributed by atoms with E-state index in [0.29, 0.717) is 21.5 Å². The minimum atomic E-state index is -0.723. The van der Waals surface area contributed by atoms with E-state index in [-0.39, 0.29) is 21.8 Å². The van der Waals surface area contributed by atoms with Crippen molar-refractivity contribution in [3.05, 3.63) is 75.8 Å². The summed E-state index contributed by atoms with van der Waals surface area (Å²) in [6, 6.07) is 16.0. The topological polar surface area (TPSA) is 65.5 Å². The van der Waals surface area contributed by atoms with Crippen LogP contribution in [0.25, 0.3) is 32.9 Å². The van der Waals surface area contributed by atoms with Gasteiger partial charge in [-0.05, 0) is 35.0 Å². The Hall–Kier alpha value is -3.15. The number of methoxy groups -OCH3 is 2. The molecule has 0 amide bonds. The number of aromatic nitrogens is 1. The van der Waals surface area contributed by atoms with Crippen LogP contribution in [0.3, 0.4) is 0 Å². The number of carbonyl (C=O) groups is 2. The number of halogens is 2. The zero-order valence-electron chi connectivity index (χ0n) is 16.0. The Bertz CT molecular complexity index is 1330. The van der Waals surface area contributed by atoms with E-state index in [2.05, 4.69) is 0 Å². The first-order chi connectivity index (χ1) is 14.5. The fourth-order valence-electron chi connectivity index (χ4n) is 3.52.